The summed E-state index contributed by atoms with van der Waals surface area (Å²) in [5, 5.41) is 5.92. The molecule has 1 amide bonds. The summed E-state index contributed by atoms with van der Waals surface area (Å²) in [5.74, 6) is 1.07. The molecule has 0 saturated carbocycles. The first-order chi connectivity index (χ1) is 11.5. The number of rotatable bonds is 9. The molecule has 0 aliphatic carbocycles. The van der Waals surface area contributed by atoms with Crippen LogP contribution in [0.4, 0.5) is 0 Å². The van der Waals surface area contributed by atoms with Gasteiger partial charge < -0.3 is 20.1 Å². The number of carbonyl (C=O) groups is 1. The SMILES string of the molecule is COc1ccc(S(=O)(=O)NCCC(=O)NCC2CNC2)cc1OC. The van der Waals surface area contributed by atoms with E-state index in [9.17, 15) is 13.2 Å². The summed E-state index contributed by atoms with van der Waals surface area (Å²) in [4.78, 5) is 11.7. The number of nitrogens with one attached hydrogen (secondary N) is 3. The molecule has 8 nitrogen and oxygen atoms in total. The third-order valence-corrected chi connectivity index (χ3v) is 5.22. The Kier molecular flexibility index (Phi) is 6.41. The van der Waals surface area contributed by atoms with Gasteiger partial charge in [0.2, 0.25) is 15.9 Å². The molecule has 1 saturated heterocycles. The number of hydrogen-bond donors (Lipinski definition) is 3. The van der Waals surface area contributed by atoms with E-state index in [-0.39, 0.29) is 23.8 Å². The minimum atomic E-state index is -3.71. The van der Waals surface area contributed by atoms with Gasteiger partial charge in [-0.05, 0) is 12.1 Å². The molecule has 0 spiro atoms. The number of amides is 1. The molecule has 9 heteroatoms. The average Bonchev–Trinajstić information content (AvgIpc) is 2.52. The van der Waals surface area contributed by atoms with Gasteiger partial charge in [-0.1, -0.05) is 0 Å². The Bertz CT molecular complexity index is 674. The summed E-state index contributed by atoms with van der Waals surface area (Å²) in [6, 6.07) is 4.32. The molecule has 0 bridgehead atoms. The third kappa shape index (κ3) is 4.83. The Balaban J connectivity index is 1.85. The maximum Gasteiger partial charge on any atom is 0.240 e. The van der Waals surface area contributed by atoms with Gasteiger partial charge in [-0.2, -0.15) is 0 Å². The van der Waals surface area contributed by atoms with Crippen molar-refractivity contribution in [1.29, 1.82) is 0 Å². The molecule has 2 rings (SSSR count). The lowest BCUT2D eigenvalue weighted by atomic mass is 10.0. The molecular formula is C15H23N3O5S. The van der Waals surface area contributed by atoms with E-state index in [0.29, 0.717) is 24.0 Å². The molecule has 0 atom stereocenters. The van der Waals surface area contributed by atoms with Crippen LogP contribution in [0.3, 0.4) is 0 Å². The number of carbonyl (C=O) groups excluding carboxylic acids is 1. The highest BCUT2D eigenvalue weighted by Gasteiger charge is 2.19. The second-order valence-corrected chi connectivity index (χ2v) is 7.26. The second-order valence-electron chi connectivity index (χ2n) is 5.49. The summed E-state index contributed by atoms with van der Waals surface area (Å²) in [5.41, 5.74) is 0. The molecule has 3 N–H and O–H groups in total. The van der Waals surface area contributed by atoms with Gasteiger partial charge in [-0.3, -0.25) is 4.79 Å². The van der Waals surface area contributed by atoms with Gasteiger partial charge in [0, 0.05) is 44.6 Å². The standard InChI is InChI=1S/C15H23N3O5S/c1-22-13-4-3-12(7-14(13)23-2)24(20,21)18-6-5-15(19)17-10-11-8-16-9-11/h3-4,7,11,16,18H,5-6,8-10H2,1-2H3,(H,17,19). The molecule has 1 aromatic carbocycles. The fourth-order valence-electron chi connectivity index (χ4n) is 2.21. The molecule has 0 aromatic heterocycles. The Morgan fingerprint density at radius 3 is 2.54 bits per heavy atom. The van der Waals surface area contributed by atoms with Crippen LogP contribution in [0, 0.1) is 5.92 Å². The summed E-state index contributed by atoms with van der Waals surface area (Å²) in [7, 11) is -0.805. The lowest BCUT2D eigenvalue weighted by molar-refractivity contribution is -0.121. The topological polar surface area (TPSA) is 106 Å². The van der Waals surface area contributed by atoms with Gasteiger partial charge in [0.1, 0.15) is 0 Å². The van der Waals surface area contributed by atoms with E-state index in [1.54, 1.807) is 0 Å². The normalized spacial score (nSPS) is 14.8. The van der Waals surface area contributed by atoms with E-state index in [0.717, 1.165) is 13.1 Å². The number of hydrogen-bond acceptors (Lipinski definition) is 6. The zero-order valence-electron chi connectivity index (χ0n) is 13.8. The van der Waals surface area contributed by atoms with Crippen molar-refractivity contribution in [1.82, 2.24) is 15.4 Å². The van der Waals surface area contributed by atoms with Crippen molar-refractivity contribution >= 4 is 15.9 Å². The van der Waals surface area contributed by atoms with Crippen LogP contribution >= 0.6 is 0 Å². The molecule has 1 fully saturated rings. The lowest BCUT2D eigenvalue weighted by Gasteiger charge is -2.27. The van der Waals surface area contributed by atoms with Crippen LogP contribution in [-0.2, 0) is 14.8 Å². The number of sulfonamides is 1. The second kappa shape index (κ2) is 8.32. The maximum absolute atomic E-state index is 12.3. The van der Waals surface area contributed by atoms with Gasteiger partial charge in [-0.15, -0.1) is 0 Å². The van der Waals surface area contributed by atoms with E-state index in [1.807, 2.05) is 0 Å². The highest BCUT2D eigenvalue weighted by atomic mass is 32.2. The Hall–Kier alpha value is -1.84. The first-order valence-corrected chi connectivity index (χ1v) is 9.13. The molecule has 134 valence electrons. The Morgan fingerprint density at radius 1 is 1.25 bits per heavy atom. The zero-order valence-corrected chi connectivity index (χ0v) is 14.6. The minimum Gasteiger partial charge on any atom is -0.493 e. The smallest absolute Gasteiger partial charge is 0.240 e. The highest BCUT2D eigenvalue weighted by Crippen LogP contribution is 2.29. The number of methoxy groups -OCH3 is 2. The van der Waals surface area contributed by atoms with Crippen LogP contribution in [0.1, 0.15) is 6.42 Å². The van der Waals surface area contributed by atoms with Gasteiger partial charge in [0.15, 0.2) is 11.5 Å². The molecule has 0 radical (unpaired) electrons. The lowest BCUT2D eigenvalue weighted by Crippen LogP contribution is -2.48. The monoisotopic (exact) mass is 357 g/mol. The molecule has 1 aromatic rings. The van der Waals surface area contributed by atoms with Crippen LogP contribution in [0.15, 0.2) is 23.1 Å². The molecule has 1 aliphatic heterocycles. The quantitative estimate of drug-likeness (QED) is 0.561. The van der Waals surface area contributed by atoms with Gasteiger partial charge in [-0.25, -0.2) is 13.1 Å². The summed E-state index contributed by atoms with van der Waals surface area (Å²) in [6.07, 6.45) is 0.0899. The molecule has 1 heterocycles. The van der Waals surface area contributed by atoms with Gasteiger partial charge >= 0.3 is 0 Å². The van der Waals surface area contributed by atoms with Crippen LogP contribution in [-0.4, -0.2) is 54.7 Å². The fourth-order valence-corrected chi connectivity index (χ4v) is 3.25. The first kappa shape index (κ1) is 18.5. The molecule has 0 unspecified atom stereocenters. The predicted molar refractivity (Wildman–Crippen MR) is 88.7 cm³/mol. The van der Waals surface area contributed by atoms with Crippen LogP contribution < -0.4 is 24.8 Å². The first-order valence-electron chi connectivity index (χ1n) is 7.65. The van der Waals surface area contributed by atoms with Crippen molar-refractivity contribution in [3.8, 4) is 11.5 Å². The third-order valence-electron chi connectivity index (χ3n) is 3.76. The number of benzene rings is 1. The summed E-state index contributed by atoms with van der Waals surface area (Å²) < 4.78 is 37.1. The Morgan fingerprint density at radius 2 is 1.96 bits per heavy atom. The minimum absolute atomic E-state index is 0.0332. The van der Waals surface area contributed by atoms with Crippen molar-refractivity contribution in [3.63, 3.8) is 0 Å². The Labute approximate surface area is 142 Å². The average molecular weight is 357 g/mol. The van der Waals surface area contributed by atoms with Gasteiger partial charge in [0.25, 0.3) is 0 Å². The predicted octanol–water partition coefficient (Wildman–Crippen LogP) is -0.292. The van der Waals surface area contributed by atoms with E-state index in [2.05, 4.69) is 15.4 Å². The van der Waals surface area contributed by atoms with Crippen molar-refractivity contribution in [3.05, 3.63) is 18.2 Å². The zero-order chi connectivity index (χ0) is 17.6. The number of ether oxygens (including phenoxy) is 2. The van der Waals surface area contributed by atoms with Crippen LogP contribution in [0.5, 0.6) is 11.5 Å². The van der Waals surface area contributed by atoms with E-state index >= 15 is 0 Å². The van der Waals surface area contributed by atoms with E-state index in [4.69, 9.17) is 9.47 Å². The van der Waals surface area contributed by atoms with Crippen molar-refractivity contribution < 1.29 is 22.7 Å². The highest BCUT2D eigenvalue weighted by molar-refractivity contribution is 7.89. The fraction of sp³-hybridized carbons (Fsp3) is 0.533. The maximum atomic E-state index is 12.3. The van der Waals surface area contributed by atoms with Crippen LogP contribution in [0.25, 0.3) is 0 Å². The van der Waals surface area contributed by atoms with Gasteiger partial charge in [0.05, 0.1) is 19.1 Å². The summed E-state index contributed by atoms with van der Waals surface area (Å²) >= 11 is 0. The molecule has 24 heavy (non-hydrogen) atoms. The molecular weight excluding hydrogens is 334 g/mol. The van der Waals surface area contributed by atoms with Crippen molar-refractivity contribution in [2.45, 2.75) is 11.3 Å². The van der Waals surface area contributed by atoms with Crippen molar-refractivity contribution in [2.75, 3.05) is 40.4 Å². The van der Waals surface area contributed by atoms with E-state index < -0.39 is 10.0 Å². The largest absolute Gasteiger partial charge is 0.493 e. The van der Waals surface area contributed by atoms with E-state index in [1.165, 1.54) is 32.4 Å². The van der Waals surface area contributed by atoms with Crippen molar-refractivity contribution in [2.24, 2.45) is 5.92 Å². The summed E-state index contributed by atoms with van der Waals surface area (Å²) in [6.45, 7) is 2.47. The van der Waals surface area contributed by atoms with Crippen LogP contribution in [0.2, 0.25) is 0 Å². The molecule has 1 aliphatic rings.